The number of nitrogens with zero attached hydrogens (tertiary/aromatic N) is 3. The van der Waals surface area contributed by atoms with E-state index in [2.05, 4.69) is 87.9 Å². The molecule has 0 atom stereocenters. The lowest BCUT2D eigenvalue weighted by Gasteiger charge is -2.13. The molecule has 0 spiro atoms. The molecule has 1 amide bonds. The summed E-state index contributed by atoms with van der Waals surface area (Å²) in [6, 6.07) is 22.3. The van der Waals surface area contributed by atoms with Crippen LogP contribution in [0, 0.1) is 13.8 Å². The van der Waals surface area contributed by atoms with Gasteiger partial charge in [-0.3, -0.25) is 9.69 Å². The van der Waals surface area contributed by atoms with Gasteiger partial charge in [-0.25, -0.2) is 4.99 Å². The first-order valence-corrected chi connectivity index (χ1v) is 12.7. The molecule has 1 aliphatic rings. The van der Waals surface area contributed by atoms with Crippen LogP contribution in [0.15, 0.2) is 81.1 Å². The molecule has 170 valence electrons. The van der Waals surface area contributed by atoms with E-state index >= 15 is 0 Å². The number of rotatable bonds is 3. The lowest BCUT2D eigenvalue weighted by atomic mass is 10.1. The van der Waals surface area contributed by atoms with Crippen LogP contribution < -0.4 is 0 Å². The third kappa shape index (κ3) is 4.11. The van der Waals surface area contributed by atoms with E-state index in [9.17, 15) is 4.79 Å². The predicted octanol–water partition coefficient (Wildman–Crippen LogP) is 7.90. The summed E-state index contributed by atoms with van der Waals surface area (Å²) in [4.78, 5) is 19.9. The van der Waals surface area contributed by atoms with Crippen molar-refractivity contribution < 1.29 is 4.79 Å². The summed E-state index contributed by atoms with van der Waals surface area (Å²) in [6.07, 6.45) is 1.96. The fraction of sp³-hybridized carbons (Fsp3) is 0.111. The van der Waals surface area contributed by atoms with Crippen LogP contribution >= 0.6 is 39.3 Å². The van der Waals surface area contributed by atoms with Gasteiger partial charge in [0.15, 0.2) is 5.17 Å². The van der Waals surface area contributed by atoms with E-state index in [1.165, 1.54) is 22.5 Å². The maximum Gasteiger partial charge on any atom is 0.266 e. The number of amides is 1. The number of aromatic nitrogens is 1. The van der Waals surface area contributed by atoms with Crippen LogP contribution in [-0.4, -0.2) is 27.6 Å². The molecule has 3 aromatic carbocycles. The lowest BCUT2D eigenvalue weighted by Crippen LogP contribution is -2.23. The zero-order valence-electron chi connectivity index (χ0n) is 18.8. The number of amidine groups is 1. The number of benzene rings is 3. The van der Waals surface area contributed by atoms with Crippen molar-refractivity contribution in [3.05, 3.63) is 98.1 Å². The fourth-order valence-corrected chi connectivity index (χ4v) is 5.56. The Balaban J connectivity index is 1.52. The highest BCUT2D eigenvalue weighted by Gasteiger charge is 2.31. The van der Waals surface area contributed by atoms with Crippen molar-refractivity contribution in [2.24, 2.45) is 4.99 Å². The van der Waals surface area contributed by atoms with Crippen molar-refractivity contribution in [1.29, 1.82) is 0 Å². The Morgan fingerprint density at radius 3 is 2.59 bits per heavy atom. The molecular formula is C27H21BrClN3OS. The molecule has 5 rings (SSSR count). The molecule has 7 heteroatoms. The Hall–Kier alpha value is -2.80. The molecule has 34 heavy (non-hydrogen) atoms. The molecule has 1 fully saturated rings. The predicted molar refractivity (Wildman–Crippen MR) is 147 cm³/mol. The number of carbonyl (C=O) groups excluding carboxylic acids is 1. The molecule has 1 saturated heterocycles. The van der Waals surface area contributed by atoms with Crippen LogP contribution in [0.3, 0.4) is 0 Å². The van der Waals surface area contributed by atoms with Gasteiger partial charge in [0, 0.05) is 28.3 Å². The minimum atomic E-state index is -0.0677. The fourth-order valence-electron chi connectivity index (χ4n) is 4.17. The Bertz CT molecular complexity index is 1520. The van der Waals surface area contributed by atoms with Gasteiger partial charge in [0.2, 0.25) is 0 Å². The molecule has 1 aromatic heterocycles. The molecule has 4 nitrogen and oxygen atoms in total. The van der Waals surface area contributed by atoms with Crippen LogP contribution in [0.25, 0.3) is 22.5 Å². The molecule has 0 saturated carbocycles. The highest BCUT2D eigenvalue weighted by atomic mass is 79.9. The number of hydrogen-bond donors (Lipinski definition) is 0. The number of thioether (sulfide) groups is 1. The highest BCUT2D eigenvalue weighted by Crippen LogP contribution is 2.36. The van der Waals surface area contributed by atoms with Gasteiger partial charge in [-0.2, -0.15) is 0 Å². The van der Waals surface area contributed by atoms with Crippen LogP contribution in [-0.2, 0) is 4.79 Å². The number of fused-ring (bicyclic) bond motifs is 1. The zero-order valence-corrected chi connectivity index (χ0v) is 22.0. The largest absolute Gasteiger partial charge is 0.317 e. The minimum absolute atomic E-state index is 0.0677. The standard InChI is InChI=1S/C27H21BrClN3OS/c1-16-13-19(17(2)32(16)24-10-6-8-18-7-4-5-9-21(18)24)14-25-26(33)31(3)27(34-25)30-20-11-12-22(28)23(29)15-20/h4-15H,1-3H3/b25-14-,30-27?. The SMILES string of the molecule is Cc1cc(/C=C2\SC(=Nc3ccc(Br)c(Cl)c3)N(C)C2=O)c(C)n1-c1cccc2ccccc12. The van der Waals surface area contributed by atoms with E-state index in [0.29, 0.717) is 20.8 Å². The normalized spacial score (nSPS) is 16.4. The number of halogens is 2. The lowest BCUT2D eigenvalue weighted by molar-refractivity contribution is -0.121. The third-order valence-corrected chi connectivity index (χ3v) is 8.19. The third-order valence-electron chi connectivity index (χ3n) is 5.90. The monoisotopic (exact) mass is 549 g/mol. The molecule has 2 heterocycles. The van der Waals surface area contributed by atoms with Crippen molar-refractivity contribution in [3.8, 4) is 5.69 Å². The number of carbonyl (C=O) groups is 1. The average Bonchev–Trinajstić information content (AvgIpc) is 3.25. The summed E-state index contributed by atoms with van der Waals surface area (Å²) >= 11 is 11.0. The summed E-state index contributed by atoms with van der Waals surface area (Å²) < 4.78 is 3.06. The molecule has 0 radical (unpaired) electrons. The van der Waals surface area contributed by atoms with Gasteiger partial charge in [0.05, 0.1) is 21.3 Å². The van der Waals surface area contributed by atoms with Crippen molar-refractivity contribution >= 4 is 72.9 Å². The smallest absolute Gasteiger partial charge is 0.266 e. The van der Waals surface area contributed by atoms with Crippen molar-refractivity contribution in [2.45, 2.75) is 13.8 Å². The van der Waals surface area contributed by atoms with E-state index in [1.807, 2.05) is 18.2 Å². The second-order valence-electron chi connectivity index (χ2n) is 8.13. The summed E-state index contributed by atoms with van der Waals surface area (Å²) in [5.74, 6) is -0.0677. The second-order valence-corrected chi connectivity index (χ2v) is 10.4. The van der Waals surface area contributed by atoms with E-state index in [0.717, 1.165) is 27.1 Å². The quantitative estimate of drug-likeness (QED) is 0.243. The Morgan fingerprint density at radius 2 is 1.79 bits per heavy atom. The van der Waals surface area contributed by atoms with E-state index in [1.54, 1.807) is 18.0 Å². The zero-order chi connectivity index (χ0) is 24.0. The molecule has 0 N–H and O–H groups in total. The molecule has 4 aromatic rings. The first kappa shape index (κ1) is 23.0. The number of aliphatic imine (C=N–C) groups is 1. The Morgan fingerprint density at radius 1 is 1.03 bits per heavy atom. The number of aryl methyl sites for hydroxylation is 1. The van der Waals surface area contributed by atoms with Crippen molar-refractivity contribution in [1.82, 2.24) is 9.47 Å². The van der Waals surface area contributed by atoms with Crippen LogP contribution in [0.2, 0.25) is 5.02 Å². The van der Waals surface area contributed by atoms with Gasteiger partial charge in [-0.05, 0) is 88.9 Å². The molecule has 0 unspecified atom stereocenters. The first-order valence-electron chi connectivity index (χ1n) is 10.7. The van der Waals surface area contributed by atoms with Gasteiger partial charge < -0.3 is 4.57 Å². The Labute approximate surface area is 216 Å². The Kier molecular flexibility index (Phi) is 6.15. The highest BCUT2D eigenvalue weighted by molar-refractivity contribution is 9.10. The van der Waals surface area contributed by atoms with E-state index < -0.39 is 0 Å². The maximum atomic E-state index is 13.0. The molecule has 0 bridgehead atoms. The van der Waals surface area contributed by atoms with Crippen LogP contribution in [0.4, 0.5) is 5.69 Å². The summed E-state index contributed by atoms with van der Waals surface area (Å²) in [5, 5.41) is 3.59. The van der Waals surface area contributed by atoms with Gasteiger partial charge >= 0.3 is 0 Å². The van der Waals surface area contributed by atoms with Gasteiger partial charge in [-0.1, -0.05) is 48.0 Å². The number of hydrogen-bond acceptors (Lipinski definition) is 3. The molecule has 1 aliphatic heterocycles. The second kappa shape index (κ2) is 9.10. The van der Waals surface area contributed by atoms with Crippen LogP contribution in [0.5, 0.6) is 0 Å². The average molecular weight is 551 g/mol. The summed E-state index contributed by atoms with van der Waals surface area (Å²) in [6.45, 7) is 4.19. The van der Waals surface area contributed by atoms with Crippen LogP contribution in [0.1, 0.15) is 17.0 Å². The summed E-state index contributed by atoms with van der Waals surface area (Å²) in [5.41, 5.74) is 5.05. The topological polar surface area (TPSA) is 37.6 Å². The molecular weight excluding hydrogens is 530 g/mol. The molecule has 0 aliphatic carbocycles. The first-order chi connectivity index (χ1) is 16.3. The van der Waals surface area contributed by atoms with Gasteiger partial charge in [0.25, 0.3) is 5.91 Å². The maximum absolute atomic E-state index is 13.0. The van der Waals surface area contributed by atoms with E-state index in [4.69, 9.17) is 11.6 Å². The van der Waals surface area contributed by atoms with Crippen molar-refractivity contribution in [3.63, 3.8) is 0 Å². The minimum Gasteiger partial charge on any atom is -0.317 e. The van der Waals surface area contributed by atoms with Gasteiger partial charge in [0.1, 0.15) is 0 Å². The number of likely N-dealkylation sites (N-methyl/N-ethyl adjacent to an activating group) is 1. The summed E-state index contributed by atoms with van der Waals surface area (Å²) in [7, 11) is 1.74. The van der Waals surface area contributed by atoms with Gasteiger partial charge in [-0.15, -0.1) is 0 Å². The van der Waals surface area contributed by atoms with E-state index in [-0.39, 0.29) is 5.91 Å². The van der Waals surface area contributed by atoms with Crippen molar-refractivity contribution in [2.75, 3.05) is 7.05 Å².